The zero-order chi connectivity index (χ0) is 23.9. The zero-order valence-corrected chi connectivity index (χ0v) is 21.8. The van der Waals surface area contributed by atoms with Gasteiger partial charge in [-0.15, -0.1) is 0 Å². The van der Waals surface area contributed by atoms with E-state index in [1.165, 1.54) is 0 Å². The lowest BCUT2D eigenvalue weighted by Crippen LogP contribution is -2.44. The third-order valence-corrected chi connectivity index (χ3v) is 8.47. The van der Waals surface area contributed by atoms with E-state index in [0.717, 1.165) is 38.0 Å². The molecule has 5 rings (SSSR count). The van der Waals surface area contributed by atoms with E-state index in [1.54, 1.807) is 0 Å². The normalized spacial score (nSPS) is 27.5. The van der Waals surface area contributed by atoms with Crippen LogP contribution >= 0.6 is 11.6 Å². The second-order valence-corrected chi connectivity index (χ2v) is 16.4. The van der Waals surface area contributed by atoms with E-state index in [9.17, 15) is 5.11 Å². The Balaban J connectivity index is 1.43. The van der Waals surface area contributed by atoms with Gasteiger partial charge in [0.05, 0.1) is 18.2 Å². The van der Waals surface area contributed by atoms with Crippen molar-refractivity contribution in [1.29, 1.82) is 0 Å². The lowest BCUT2D eigenvalue weighted by molar-refractivity contribution is 0.00336. The summed E-state index contributed by atoms with van der Waals surface area (Å²) in [6, 6.07) is 3.30. The highest BCUT2D eigenvalue weighted by atomic mass is 35.5. The number of nitrogens with one attached hydrogen (secondary N) is 1. The molecule has 5 heterocycles. The summed E-state index contributed by atoms with van der Waals surface area (Å²) in [6.07, 6.45) is -1.71. The first kappa shape index (κ1) is 24.2. The lowest BCUT2D eigenvalue weighted by atomic mass is 10.1. The van der Waals surface area contributed by atoms with E-state index < -0.39 is 14.2 Å². The Kier molecular flexibility index (Phi) is 7.04. The molecule has 10 nitrogen and oxygen atoms in total. The molecule has 2 N–H and O–H groups in total. The molecule has 0 spiro atoms. The number of ether oxygens (including phenoxy) is 4. The predicted molar refractivity (Wildman–Crippen MR) is 132 cm³/mol. The van der Waals surface area contributed by atoms with Crippen LogP contribution in [0.1, 0.15) is 0 Å². The van der Waals surface area contributed by atoms with Crippen molar-refractivity contribution in [1.82, 2.24) is 19.9 Å². The molecule has 0 amide bonds. The van der Waals surface area contributed by atoms with Gasteiger partial charge in [0.15, 0.2) is 11.8 Å². The summed E-state index contributed by atoms with van der Waals surface area (Å²) < 4.78 is 25.7. The van der Waals surface area contributed by atoms with E-state index in [2.05, 4.69) is 29.9 Å². The van der Waals surface area contributed by atoms with E-state index >= 15 is 0 Å². The number of hydrogen-bond donors (Lipinski definition) is 2. The van der Waals surface area contributed by atoms with Gasteiger partial charge in [-0.25, -0.2) is 4.98 Å². The summed E-state index contributed by atoms with van der Waals surface area (Å²) in [5.74, 6) is 0.747. The quantitative estimate of drug-likeness (QED) is 0.405. The van der Waals surface area contributed by atoms with Gasteiger partial charge in [0.1, 0.15) is 36.4 Å². The number of piperazine rings is 1. The molecule has 3 fully saturated rings. The Morgan fingerprint density at radius 2 is 1.94 bits per heavy atom. The van der Waals surface area contributed by atoms with E-state index in [-0.39, 0.29) is 31.6 Å². The van der Waals surface area contributed by atoms with Crippen molar-refractivity contribution in [2.45, 2.75) is 56.8 Å². The largest absolute Gasteiger partial charge is 0.456 e. The zero-order valence-electron chi connectivity index (χ0n) is 20.0. The number of anilines is 1. The maximum Gasteiger partial charge on any atom is 0.301 e. The Labute approximate surface area is 205 Å². The fourth-order valence-corrected chi connectivity index (χ4v) is 5.54. The highest BCUT2D eigenvalue weighted by Gasteiger charge is 2.49. The van der Waals surface area contributed by atoms with Crippen LogP contribution in [-0.2, 0) is 20.9 Å². The number of halogens is 1. The van der Waals surface area contributed by atoms with E-state index in [4.69, 9.17) is 40.5 Å². The van der Waals surface area contributed by atoms with Crippen LogP contribution in [0.2, 0.25) is 30.7 Å². The highest BCUT2D eigenvalue weighted by Crippen LogP contribution is 2.33. The molecule has 3 aliphatic rings. The first-order chi connectivity index (χ1) is 16.3. The van der Waals surface area contributed by atoms with Crippen molar-refractivity contribution in [3.8, 4) is 6.01 Å². The van der Waals surface area contributed by atoms with Crippen molar-refractivity contribution >= 4 is 36.7 Å². The van der Waals surface area contributed by atoms with Gasteiger partial charge in [-0.2, -0.15) is 4.98 Å². The fraction of sp³-hybridized carbons (Fsp3) is 0.727. The van der Waals surface area contributed by atoms with Crippen molar-refractivity contribution in [2.24, 2.45) is 0 Å². The molecular weight excluding hydrogens is 478 g/mol. The van der Waals surface area contributed by atoms with Gasteiger partial charge in [-0.1, -0.05) is 31.2 Å². The molecule has 0 bridgehead atoms. The molecule has 2 aromatic rings. The molecule has 188 valence electrons. The summed E-state index contributed by atoms with van der Waals surface area (Å²) in [5.41, 5.74) is 1.32. The van der Waals surface area contributed by atoms with Gasteiger partial charge < -0.3 is 34.3 Å². The fourth-order valence-electron chi connectivity index (χ4n) is 4.51. The first-order valence-corrected chi connectivity index (χ1v) is 16.1. The van der Waals surface area contributed by atoms with Crippen molar-refractivity contribution < 1.29 is 24.1 Å². The Hall–Kier alpha value is -1.47. The Morgan fingerprint density at radius 1 is 1.18 bits per heavy atom. The number of imidazole rings is 1. The van der Waals surface area contributed by atoms with Gasteiger partial charge in [0.25, 0.3) is 0 Å². The van der Waals surface area contributed by atoms with Gasteiger partial charge in [-0.3, -0.25) is 4.57 Å². The molecule has 0 radical (unpaired) electrons. The third kappa shape index (κ3) is 5.06. The maximum atomic E-state index is 10.1. The maximum absolute atomic E-state index is 10.1. The molecule has 2 aromatic heterocycles. The Bertz CT molecular complexity index is 1010. The van der Waals surface area contributed by atoms with Gasteiger partial charge in [-0.05, 0) is 12.1 Å². The first-order valence-electron chi connectivity index (χ1n) is 12.0. The van der Waals surface area contributed by atoms with Crippen molar-refractivity contribution in [3.63, 3.8) is 0 Å². The SMILES string of the molecule is C[Si](C)(C)CCOCn1c(OC2COC3C(O)COC23)nc2cc(Cl)c(N3CCNCC3)nc21. The van der Waals surface area contributed by atoms with Crippen LogP contribution in [0.3, 0.4) is 0 Å². The smallest absolute Gasteiger partial charge is 0.301 e. The van der Waals surface area contributed by atoms with Crippen molar-refractivity contribution in [3.05, 3.63) is 11.1 Å². The summed E-state index contributed by atoms with van der Waals surface area (Å²) in [5, 5.41) is 14.0. The van der Waals surface area contributed by atoms with Crippen LogP contribution in [0.5, 0.6) is 6.01 Å². The molecule has 3 saturated heterocycles. The monoisotopic (exact) mass is 511 g/mol. The highest BCUT2D eigenvalue weighted by molar-refractivity contribution is 6.76. The van der Waals surface area contributed by atoms with Crippen LogP contribution < -0.4 is 15.0 Å². The number of hydrogen-bond acceptors (Lipinski definition) is 9. The van der Waals surface area contributed by atoms with Gasteiger partial charge in [0.2, 0.25) is 0 Å². The number of aromatic nitrogens is 3. The van der Waals surface area contributed by atoms with Crippen LogP contribution in [0.25, 0.3) is 11.2 Å². The number of aliphatic hydroxyl groups excluding tert-OH is 1. The molecule has 12 heteroatoms. The second kappa shape index (κ2) is 9.88. The second-order valence-electron chi connectivity index (χ2n) is 10.4. The number of aliphatic hydroxyl groups is 1. The molecule has 4 atom stereocenters. The minimum Gasteiger partial charge on any atom is -0.456 e. The minimum absolute atomic E-state index is 0.247. The Morgan fingerprint density at radius 3 is 2.71 bits per heavy atom. The topological polar surface area (TPSA) is 103 Å². The summed E-state index contributed by atoms with van der Waals surface area (Å²) in [4.78, 5) is 11.8. The standard InChI is InChI=1S/C22H34ClN5O5Si/c1-34(2,3)9-8-30-13-28-21-15(10-14(23)20(26-21)27-6-4-24-5-7-27)25-22(28)33-17-12-32-18-16(29)11-31-19(17)18/h10,16-19,24,29H,4-9,11-13H2,1-3H3. The van der Waals surface area contributed by atoms with Gasteiger partial charge >= 0.3 is 6.01 Å². The van der Waals surface area contributed by atoms with E-state index in [0.29, 0.717) is 35.4 Å². The summed E-state index contributed by atoms with van der Waals surface area (Å²) in [7, 11) is -1.22. The number of nitrogens with zero attached hydrogens (tertiary/aromatic N) is 4. The molecule has 34 heavy (non-hydrogen) atoms. The molecule has 0 saturated carbocycles. The summed E-state index contributed by atoms with van der Waals surface area (Å²) >= 11 is 6.63. The van der Waals surface area contributed by atoms with Crippen LogP contribution in [-0.4, -0.2) is 98.1 Å². The molecule has 4 unspecified atom stereocenters. The van der Waals surface area contributed by atoms with Crippen LogP contribution in [0, 0.1) is 0 Å². The molecule has 3 aliphatic heterocycles. The summed E-state index contributed by atoms with van der Waals surface area (Å²) in [6.45, 7) is 11.9. The molecular formula is C22H34ClN5O5Si. The number of rotatable bonds is 8. The number of pyridine rings is 1. The predicted octanol–water partition coefficient (Wildman–Crippen LogP) is 1.71. The molecule has 0 aliphatic carbocycles. The average Bonchev–Trinajstić information content (AvgIpc) is 3.46. The average molecular weight is 512 g/mol. The lowest BCUT2D eigenvalue weighted by Gasteiger charge is -2.29. The van der Waals surface area contributed by atoms with Crippen LogP contribution in [0.15, 0.2) is 6.07 Å². The van der Waals surface area contributed by atoms with E-state index in [1.807, 2.05) is 10.6 Å². The van der Waals surface area contributed by atoms with Crippen molar-refractivity contribution in [2.75, 3.05) is 50.9 Å². The molecule has 0 aromatic carbocycles. The number of fused-ring (bicyclic) bond motifs is 2. The van der Waals surface area contributed by atoms with Gasteiger partial charge in [0, 0.05) is 40.9 Å². The third-order valence-electron chi connectivity index (χ3n) is 6.49. The van der Waals surface area contributed by atoms with Crippen LogP contribution in [0.4, 0.5) is 5.82 Å². The minimum atomic E-state index is -1.22.